The number of hydrogen-bond donors (Lipinski definition) is 0. The standard InChI is InChI=1S/C11H12BrNO/c12-9-1-2-11(13-6-9)14-10-4-7-3-8(7)5-10/h1-2,6-8,10H,3-5H2/t7-,8+,10?. The van der Waals surface area contributed by atoms with Crippen LogP contribution < -0.4 is 4.74 Å². The van der Waals surface area contributed by atoms with E-state index in [9.17, 15) is 0 Å². The smallest absolute Gasteiger partial charge is 0.213 e. The molecule has 0 radical (unpaired) electrons. The van der Waals surface area contributed by atoms with Gasteiger partial charge in [0.1, 0.15) is 6.10 Å². The molecule has 1 aromatic heterocycles. The number of ether oxygens (including phenoxy) is 1. The SMILES string of the molecule is Brc1ccc(OC2C[C@@H]3C[C@@H]3C2)nc1. The fourth-order valence-corrected chi connectivity index (χ4v) is 2.59. The first kappa shape index (κ1) is 8.72. The number of fused-ring (bicyclic) bond motifs is 1. The molecule has 2 fully saturated rings. The van der Waals surface area contributed by atoms with Crippen LogP contribution in [-0.4, -0.2) is 11.1 Å². The minimum atomic E-state index is 0.424. The van der Waals surface area contributed by atoms with E-state index in [1.807, 2.05) is 12.1 Å². The molecule has 74 valence electrons. The predicted molar refractivity (Wildman–Crippen MR) is 57.2 cm³/mol. The summed E-state index contributed by atoms with van der Waals surface area (Å²) in [4.78, 5) is 4.21. The molecule has 1 unspecified atom stereocenters. The molecule has 0 bridgehead atoms. The van der Waals surface area contributed by atoms with Gasteiger partial charge in [-0.3, -0.25) is 0 Å². The Kier molecular flexibility index (Phi) is 2.01. The van der Waals surface area contributed by atoms with Crippen molar-refractivity contribution in [2.24, 2.45) is 11.8 Å². The maximum Gasteiger partial charge on any atom is 0.213 e. The molecule has 1 heterocycles. The van der Waals surface area contributed by atoms with Crippen molar-refractivity contribution >= 4 is 15.9 Å². The predicted octanol–water partition coefficient (Wildman–Crippen LogP) is 3.02. The number of aromatic nitrogens is 1. The summed E-state index contributed by atoms with van der Waals surface area (Å²) < 4.78 is 6.80. The van der Waals surface area contributed by atoms with Crippen LogP contribution in [0.25, 0.3) is 0 Å². The molecule has 0 amide bonds. The van der Waals surface area contributed by atoms with Crippen molar-refractivity contribution in [2.75, 3.05) is 0 Å². The van der Waals surface area contributed by atoms with Crippen LogP contribution in [0.4, 0.5) is 0 Å². The van der Waals surface area contributed by atoms with Crippen molar-refractivity contribution in [3.63, 3.8) is 0 Å². The number of hydrogen-bond acceptors (Lipinski definition) is 2. The zero-order chi connectivity index (χ0) is 9.54. The van der Waals surface area contributed by atoms with Gasteiger partial charge in [0.25, 0.3) is 0 Å². The molecule has 3 atom stereocenters. The first-order chi connectivity index (χ1) is 6.81. The maximum atomic E-state index is 5.80. The quantitative estimate of drug-likeness (QED) is 0.809. The zero-order valence-electron chi connectivity index (χ0n) is 7.82. The third kappa shape index (κ3) is 1.65. The van der Waals surface area contributed by atoms with Gasteiger partial charge in [0.2, 0.25) is 5.88 Å². The minimum absolute atomic E-state index is 0.424. The highest BCUT2D eigenvalue weighted by molar-refractivity contribution is 9.10. The molecular formula is C11H12BrNO. The Hall–Kier alpha value is -0.570. The Labute approximate surface area is 91.8 Å². The van der Waals surface area contributed by atoms with E-state index in [2.05, 4.69) is 20.9 Å². The molecule has 2 saturated carbocycles. The summed E-state index contributed by atoms with van der Waals surface area (Å²) in [6, 6.07) is 3.89. The van der Waals surface area contributed by atoms with Gasteiger partial charge >= 0.3 is 0 Å². The molecule has 0 aliphatic heterocycles. The van der Waals surface area contributed by atoms with Crippen molar-refractivity contribution in [1.29, 1.82) is 0 Å². The summed E-state index contributed by atoms with van der Waals surface area (Å²) in [5, 5.41) is 0. The second-order valence-corrected chi connectivity index (χ2v) is 5.20. The van der Waals surface area contributed by atoms with Crippen LogP contribution in [-0.2, 0) is 0 Å². The Morgan fingerprint density at radius 1 is 1.21 bits per heavy atom. The molecule has 2 nitrogen and oxygen atoms in total. The molecule has 2 aliphatic carbocycles. The van der Waals surface area contributed by atoms with E-state index >= 15 is 0 Å². The van der Waals surface area contributed by atoms with Gasteiger partial charge in [0, 0.05) is 16.7 Å². The highest BCUT2D eigenvalue weighted by atomic mass is 79.9. The Morgan fingerprint density at radius 3 is 2.64 bits per heavy atom. The second kappa shape index (κ2) is 3.23. The normalized spacial score (nSPS) is 33.9. The highest BCUT2D eigenvalue weighted by Gasteiger charge is 2.46. The average Bonchev–Trinajstić information content (AvgIpc) is 2.79. The summed E-state index contributed by atoms with van der Waals surface area (Å²) in [6.07, 6.45) is 6.12. The molecular weight excluding hydrogens is 242 g/mol. The van der Waals surface area contributed by atoms with Crippen molar-refractivity contribution in [2.45, 2.75) is 25.4 Å². The topological polar surface area (TPSA) is 22.1 Å². The Bertz CT molecular complexity index is 328. The zero-order valence-corrected chi connectivity index (χ0v) is 9.40. The molecule has 3 rings (SSSR count). The third-order valence-electron chi connectivity index (χ3n) is 3.19. The monoisotopic (exact) mass is 253 g/mol. The lowest BCUT2D eigenvalue weighted by Gasteiger charge is -2.13. The van der Waals surface area contributed by atoms with E-state index in [1.54, 1.807) is 6.20 Å². The molecule has 3 heteroatoms. The third-order valence-corrected chi connectivity index (χ3v) is 3.66. The number of pyridine rings is 1. The van der Waals surface area contributed by atoms with E-state index in [0.717, 1.165) is 22.2 Å². The van der Waals surface area contributed by atoms with Crippen molar-refractivity contribution in [3.05, 3.63) is 22.8 Å². The molecule has 0 N–H and O–H groups in total. The second-order valence-electron chi connectivity index (χ2n) is 4.28. The van der Waals surface area contributed by atoms with Crippen molar-refractivity contribution in [3.8, 4) is 5.88 Å². The van der Waals surface area contributed by atoms with Crippen molar-refractivity contribution in [1.82, 2.24) is 4.98 Å². The van der Waals surface area contributed by atoms with Gasteiger partial charge in [-0.25, -0.2) is 4.98 Å². The van der Waals surface area contributed by atoms with Crippen molar-refractivity contribution < 1.29 is 4.74 Å². The largest absolute Gasteiger partial charge is 0.474 e. The Balaban J connectivity index is 1.64. The van der Waals surface area contributed by atoms with Gasteiger partial charge in [0.05, 0.1) is 0 Å². The van der Waals surface area contributed by atoms with Crippen LogP contribution in [0.3, 0.4) is 0 Å². The minimum Gasteiger partial charge on any atom is -0.474 e. The molecule has 0 aromatic carbocycles. The van der Waals surface area contributed by atoms with Gasteiger partial charge in [-0.15, -0.1) is 0 Å². The first-order valence-electron chi connectivity index (χ1n) is 5.09. The van der Waals surface area contributed by atoms with Crippen LogP contribution in [0.15, 0.2) is 22.8 Å². The lowest BCUT2D eigenvalue weighted by molar-refractivity contribution is 0.186. The van der Waals surface area contributed by atoms with Crippen LogP contribution in [0.1, 0.15) is 19.3 Å². The fourth-order valence-electron chi connectivity index (χ4n) is 2.36. The van der Waals surface area contributed by atoms with Gasteiger partial charge in [-0.2, -0.15) is 0 Å². The van der Waals surface area contributed by atoms with Crippen LogP contribution in [0.5, 0.6) is 5.88 Å². The summed E-state index contributed by atoms with van der Waals surface area (Å²) in [6.45, 7) is 0. The van der Waals surface area contributed by atoms with E-state index in [4.69, 9.17) is 4.74 Å². The highest BCUT2D eigenvalue weighted by Crippen LogP contribution is 2.52. The van der Waals surface area contributed by atoms with Crippen LogP contribution in [0, 0.1) is 11.8 Å². The van der Waals surface area contributed by atoms with E-state index in [1.165, 1.54) is 19.3 Å². The summed E-state index contributed by atoms with van der Waals surface area (Å²) in [5.74, 6) is 2.70. The number of nitrogens with zero attached hydrogens (tertiary/aromatic N) is 1. The maximum absolute atomic E-state index is 5.80. The lowest BCUT2D eigenvalue weighted by atomic mass is 10.2. The van der Waals surface area contributed by atoms with Gasteiger partial charge in [0.15, 0.2) is 0 Å². The van der Waals surface area contributed by atoms with Gasteiger partial charge < -0.3 is 4.74 Å². The van der Waals surface area contributed by atoms with Crippen LogP contribution in [0.2, 0.25) is 0 Å². The summed E-state index contributed by atoms with van der Waals surface area (Å²) in [7, 11) is 0. The fraction of sp³-hybridized carbons (Fsp3) is 0.545. The average molecular weight is 254 g/mol. The Morgan fingerprint density at radius 2 is 2.00 bits per heavy atom. The lowest BCUT2D eigenvalue weighted by Crippen LogP contribution is -2.14. The van der Waals surface area contributed by atoms with E-state index in [0.29, 0.717) is 6.10 Å². The molecule has 1 aromatic rings. The van der Waals surface area contributed by atoms with Gasteiger partial charge in [-0.1, -0.05) is 0 Å². The number of rotatable bonds is 2. The summed E-state index contributed by atoms with van der Waals surface area (Å²) >= 11 is 3.36. The van der Waals surface area contributed by atoms with Crippen LogP contribution >= 0.6 is 15.9 Å². The van der Waals surface area contributed by atoms with Gasteiger partial charge in [-0.05, 0) is 53.1 Å². The molecule has 14 heavy (non-hydrogen) atoms. The van der Waals surface area contributed by atoms with E-state index < -0.39 is 0 Å². The summed E-state index contributed by atoms with van der Waals surface area (Å²) in [5.41, 5.74) is 0. The van der Waals surface area contributed by atoms with E-state index in [-0.39, 0.29) is 0 Å². The molecule has 2 aliphatic rings. The molecule has 0 saturated heterocycles. The molecule has 0 spiro atoms. The first-order valence-corrected chi connectivity index (χ1v) is 5.89. The number of halogens is 1.